The van der Waals surface area contributed by atoms with Gasteiger partial charge >= 0.3 is 5.97 Å². The van der Waals surface area contributed by atoms with Gasteiger partial charge in [-0.15, -0.1) is 0 Å². The van der Waals surface area contributed by atoms with Crippen LogP contribution in [0.1, 0.15) is 28.4 Å². The fraction of sp³-hybridized carbons (Fsp3) is 0.400. The molecule has 2 rings (SSSR count). The van der Waals surface area contributed by atoms with E-state index in [2.05, 4.69) is 10.3 Å². The van der Waals surface area contributed by atoms with Crippen LogP contribution in [0.15, 0.2) is 18.5 Å². The first-order valence-corrected chi connectivity index (χ1v) is 4.58. The van der Waals surface area contributed by atoms with Crippen molar-refractivity contribution in [3.8, 4) is 0 Å². The zero-order valence-corrected chi connectivity index (χ0v) is 7.99. The highest BCUT2D eigenvalue weighted by molar-refractivity contribution is 5.91. The van der Waals surface area contributed by atoms with E-state index in [0.717, 1.165) is 18.5 Å². The lowest BCUT2D eigenvalue weighted by molar-refractivity contribution is 0.0597. The van der Waals surface area contributed by atoms with E-state index in [1.807, 2.05) is 0 Å². The summed E-state index contributed by atoms with van der Waals surface area (Å²) in [7, 11) is 1.39. The van der Waals surface area contributed by atoms with Crippen molar-refractivity contribution in [3.05, 3.63) is 29.6 Å². The van der Waals surface area contributed by atoms with Gasteiger partial charge in [0.05, 0.1) is 12.7 Å². The van der Waals surface area contributed by atoms with E-state index in [0.29, 0.717) is 5.56 Å². The van der Waals surface area contributed by atoms with Crippen LogP contribution < -0.4 is 5.32 Å². The molecule has 1 atom stereocenters. The van der Waals surface area contributed by atoms with Gasteiger partial charge in [-0.1, -0.05) is 0 Å². The second-order valence-electron chi connectivity index (χ2n) is 3.25. The second kappa shape index (κ2) is 3.75. The number of ether oxygens (including phenoxy) is 1. The number of esters is 1. The van der Waals surface area contributed by atoms with Crippen molar-refractivity contribution < 1.29 is 9.53 Å². The van der Waals surface area contributed by atoms with Crippen LogP contribution in [-0.4, -0.2) is 24.6 Å². The van der Waals surface area contributed by atoms with Crippen molar-refractivity contribution >= 4 is 5.97 Å². The molecule has 0 radical (unpaired) electrons. The summed E-state index contributed by atoms with van der Waals surface area (Å²) in [4.78, 5) is 15.4. The minimum atomic E-state index is -0.295. The summed E-state index contributed by atoms with van der Waals surface area (Å²) in [6.45, 7) is 1.00. The van der Waals surface area contributed by atoms with E-state index >= 15 is 0 Å². The van der Waals surface area contributed by atoms with Crippen molar-refractivity contribution in [2.45, 2.75) is 12.5 Å². The van der Waals surface area contributed by atoms with Crippen molar-refractivity contribution in [1.82, 2.24) is 10.3 Å². The highest BCUT2D eigenvalue weighted by atomic mass is 16.5. The zero-order chi connectivity index (χ0) is 9.97. The number of aromatic nitrogens is 1. The van der Waals surface area contributed by atoms with Crippen molar-refractivity contribution in [3.63, 3.8) is 0 Å². The third kappa shape index (κ3) is 1.48. The Hall–Kier alpha value is -1.42. The average molecular weight is 192 g/mol. The van der Waals surface area contributed by atoms with Gasteiger partial charge in [-0.3, -0.25) is 4.98 Å². The molecule has 4 heteroatoms. The molecule has 2 heterocycles. The highest BCUT2D eigenvalue weighted by Crippen LogP contribution is 2.25. The minimum Gasteiger partial charge on any atom is -0.465 e. The van der Waals surface area contributed by atoms with Crippen LogP contribution in [0.5, 0.6) is 0 Å². The maximum absolute atomic E-state index is 11.4. The SMILES string of the molecule is COC(=O)c1ccncc1[C@H]1CCN1. The zero-order valence-electron chi connectivity index (χ0n) is 7.99. The van der Waals surface area contributed by atoms with Gasteiger partial charge in [0, 0.05) is 24.0 Å². The number of methoxy groups -OCH3 is 1. The van der Waals surface area contributed by atoms with Crippen LogP contribution in [0, 0.1) is 0 Å². The topological polar surface area (TPSA) is 51.2 Å². The molecule has 1 aromatic heterocycles. The van der Waals surface area contributed by atoms with Crippen molar-refractivity contribution in [2.75, 3.05) is 13.7 Å². The molecule has 0 amide bonds. The molecule has 0 spiro atoms. The Labute approximate surface area is 82.3 Å². The molecule has 1 saturated heterocycles. The molecule has 0 bridgehead atoms. The number of hydrogen-bond acceptors (Lipinski definition) is 4. The van der Waals surface area contributed by atoms with Crippen LogP contribution >= 0.6 is 0 Å². The smallest absolute Gasteiger partial charge is 0.338 e. The highest BCUT2D eigenvalue weighted by Gasteiger charge is 2.24. The van der Waals surface area contributed by atoms with Crippen LogP contribution in [0.4, 0.5) is 0 Å². The monoisotopic (exact) mass is 192 g/mol. The first-order chi connectivity index (χ1) is 6.83. The summed E-state index contributed by atoms with van der Waals surface area (Å²) >= 11 is 0. The van der Waals surface area contributed by atoms with Gasteiger partial charge in [-0.05, 0) is 19.0 Å². The fourth-order valence-electron chi connectivity index (χ4n) is 1.53. The van der Waals surface area contributed by atoms with E-state index in [-0.39, 0.29) is 12.0 Å². The number of carbonyl (C=O) groups is 1. The van der Waals surface area contributed by atoms with Crippen LogP contribution in [0.25, 0.3) is 0 Å². The molecule has 1 fully saturated rings. The Morgan fingerprint density at radius 1 is 1.71 bits per heavy atom. The van der Waals surface area contributed by atoms with Gasteiger partial charge in [-0.25, -0.2) is 4.79 Å². The maximum Gasteiger partial charge on any atom is 0.338 e. The lowest BCUT2D eigenvalue weighted by Gasteiger charge is -2.28. The summed E-state index contributed by atoms with van der Waals surface area (Å²) in [6.07, 6.45) is 4.38. The van der Waals surface area contributed by atoms with Crippen LogP contribution in [-0.2, 0) is 4.74 Å². The molecule has 4 nitrogen and oxygen atoms in total. The van der Waals surface area contributed by atoms with Gasteiger partial charge in [0.1, 0.15) is 0 Å². The molecular weight excluding hydrogens is 180 g/mol. The second-order valence-corrected chi connectivity index (χ2v) is 3.25. The Morgan fingerprint density at radius 2 is 2.50 bits per heavy atom. The third-order valence-corrected chi connectivity index (χ3v) is 2.46. The van der Waals surface area contributed by atoms with Gasteiger partial charge in [0.15, 0.2) is 0 Å². The van der Waals surface area contributed by atoms with E-state index in [9.17, 15) is 4.79 Å². The Balaban J connectivity index is 2.32. The summed E-state index contributed by atoms with van der Waals surface area (Å²) in [5.41, 5.74) is 1.55. The molecule has 0 unspecified atom stereocenters. The summed E-state index contributed by atoms with van der Waals surface area (Å²) in [5, 5.41) is 3.23. The molecule has 1 N–H and O–H groups in total. The van der Waals surface area contributed by atoms with Gasteiger partial charge in [-0.2, -0.15) is 0 Å². The lowest BCUT2D eigenvalue weighted by atomic mass is 9.95. The predicted octanol–water partition coefficient (Wildman–Crippen LogP) is 0.903. The normalized spacial score (nSPS) is 19.9. The Kier molecular flexibility index (Phi) is 2.45. The first-order valence-electron chi connectivity index (χ1n) is 4.58. The van der Waals surface area contributed by atoms with Crippen LogP contribution in [0.3, 0.4) is 0 Å². The molecule has 1 aliphatic rings. The van der Waals surface area contributed by atoms with Gasteiger partial charge < -0.3 is 10.1 Å². The van der Waals surface area contributed by atoms with E-state index in [1.54, 1.807) is 18.5 Å². The average Bonchev–Trinajstić information content (AvgIpc) is 2.15. The molecule has 0 aliphatic carbocycles. The molecule has 1 aromatic rings. The number of nitrogens with zero attached hydrogens (tertiary/aromatic N) is 1. The summed E-state index contributed by atoms with van der Waals surface area (Å²) in [5.74, 6) is -0.295. The summed E-state index contributed by atoms with van der Waals surface area (Å²) < 4.78 is 4.70. The fourth-order valence-corrected chi connectivity index (χ4v) is 1.53. The molecule has 0 aromatic carbocycles. The molecular formula is C10H12N2O2. The largest absolute Gasteiger partial charge is 0.465 e. The number of carbonyl (C=O) groups excluding carboxylic acids is 1. The quantitative estimate of drug-likeness (QED) is 0.707. The van der Waals surface area contributed by atoms with Crippen molar-refractivity contribution in [1.29, 1.82) is 0 Å². The van der Waals surface area contributed by atoms with Crippen molar-refractivity contribution in [2.24, 2.45) is 0 Å². The Bertz CT molecular complexity index is 348. The number of hydrogen-bond donors (Lipinski definition) is 1. The minimum absolute atomic E-state index is 0.262. The number of pyridine rings is 1. The third-order valence-electron chi connectivity index (χ3n) is 2.46. The van der Waals surface area contributed by atoms with Gasteiger partial charge in [0.25, 0.3) is 0 Å². The van der Waals surface area contributed by atoms with E-state index in [1.165, 1.54) is 7.11 Å². The van der Waals surface area contributed by atoms with E-state index in [4.69, 9.17) is 4.74 Å². The summed E-state index contributed by atoms with van der Waals surface area (Å²) in [6, 6.07) is 1.96. The Morgan fingerprint density at radius 3 is 3.07 bits per heavy atom. The molecule has 0 saturated carbocycles. The number of rotatable bonds is 2. The molecule has 74 valence electrons. The standard InChI is InChI=1S/C10H12N2O2/c1-14-10(13)7-2-4-11-6-8(7)9-3-5-12-9/h2,4,6,9,12H,3,5H2,1H3/t9-/m1/s1. The maximum atomic E-state index is 11.4. The van der Waals surface area contributed by atoms with Crippen LogP contribution in [0.2, 0.25) is 0 Å². The molecule has 14 heavy (non-hydrogen) atoms. The van der Waals surface area contributed by atoms with E-state index < -0.39 is 0 Å². The lowest BCUT2D eigenvalue weighted by Crippen LogP contribution is -2.36. The van der Waals surface area contributed by atoms with Gasteiger partial charge in [0.2, 0.25) is 0 Å². The predicted molar refractivity (Wildman–Crippen MR) is 50.9 cm³/mol. The number of nitrogens with one attached hydrogen (secondary N) is 1. The molecule has 1 aliphatic heterocycles. The first kappa shape index (κ1) is 9.15.